The van der Waals surface area contributed by atoms with E-state index in [2.05, 4.69) is 5.32 Å². The van der Waals surface area contributed by atoms with Gasteiger partial charge < -0.3 is 5.32 Å². The summed E-state index contributed by atoms with van der Waals surface area (Å²) in [4.78, 5) is 14.4. The number of nitriles is 1. The van der Waals surface area contributed by atoms with Crippen molar-refractivity contribution in [3.8, 4) is 6.07 Å². The van der Waals surface area contributed by atoms with Crippen molar-refractivity contribution in [2.24, 2.45) is 0 Å². The summed E-state index contributed by atoms with van der Waals surface area (Å²) in [6.45, 7) is 3.45. The van der Waals surface area contributed by atoms with Crippen LogP contribution in [0.2, 0.25) is 0 Å². The number of hydrogen-bond acceptors (Lipinski definition) is 7. The highest BCUT2D eigenvalue weighted by Gasteiger charge is 2.32. The maximum Gasteiger partial charge on any atom is 0.252 e. The van der Waals surface area contributed by atoms with Crippen molar-refractivity contribution in [2.45, 2.75) is 17.2 Å². The first-order chi connectivity index (χ1) is 12.4. The Morgan fingerprint density at radius 3 is 2.58 bits per heavy atom. The number of thiophene rings is 2. The van der Waals surface area contributed by atoms with Gasteiger partial charge in [0.25, 0.3) is 10.0 Å². The maximum atomic E-state index is 12.6. The maximum absolute atomic E-state index is 12.6. The van der Waals surface area contributed by atoms with E-state index in [1.807, 2.05) is 11.0 Å². The minimum Gasteiger partial charge on any atom is -0.315 e. The summed E-state index contributed by atoms with van der Waals surface area (Å²) in [6, 6.07) is 6.63. The molecule has 1 atom stereocenters. The Morgan fingerprint density at radius 2 is 1.96 bits per heavy atom. The van der Waals surface area contributed by atoms with Gasteiger partial charge in [0, 0.05) is 26.2 Å². The highest BCUT2D eigenvalue weighted by atomic mass is 32.2. The minimum absolute atomic E-state index is 0.196. The fourth-order valence-corrected chi connectivity index (χ4v) is 6.05. The first kappa shape index (κ1) is 19.0. The van der Waals surface area contributed by atoms with Crippen molar-refractivity contribution >= 4 is 43.6 Å². The first-order valence-electron chi connectivity index (χ1n) is 7.99. The van der Waals surface area contributed by atoms with E-state index in [1.165, 1.54) is 27.0 Å². The molecule has 7 nitrogen and oxygen atoms in total. The van der Waals surface area contributed by atoms with Crippen molar-refractivity contribution < 1.29 is 13.2 Å². The molecular formula is C16H18N4O3S3. The van der Waals surface area contributed by atoms with Crippen LogP contribution >= 0.6 is 22.7 Å². The molecule has 0 aromatic carbocycles. The van der Waals surface area contributed by atoms with E-state index in [-0.39, 0.29) is 5.91 Å². The molecule has 138 valence electrons. The van der Waals surface area contributed by atoms with Crippen LogP contribution in [0.25, 0.3) is 0 Å². The van der Waals surface area contributed by atoms with Gasteiger partial charge in [-0.3, -0.25) is 9.69 Å². The lowest BCUT2D eigenvalue weighted by molar-refractivity contribution is -0.121. The second kappa shape index (κ2) is 7.85. The van der Waals surface area contributed by atoms with E-state index in [9.17, 15) is 13.2 Å². The normalized spacial score (nSPS) is 17.5. The molecule has 1 N–H and O–H groups in total. The first-order valence-corrected chi connectivity index (χ1v) is 11.2. The summed E-state index contributed by atoms with van der Waals surface area (Å²) in [7, 11) is -3.45. The molecule has 1 fully saturated rings. The van der Waals surface area contributed by atoms with E-state index in [4.69, 9.17) is 5.26 Å². The molecule has 0 bridgehead atoms. The lowest BCUT2D eigenvalue weighted by Crippen LogP contribution is -2.53. The SMILES string of the molecule is C[C@H](C(=O)Nc1sccc1C#N)N1CCN(S(=O)(=O)c2cccs2)CC1. The molecule has 0 aliphatic carbocycles. The molecule has 1 aliphatic heterocycles. The summed E-state index contributed by atoms with van der Waals surface area (Å²) >= 11 is 2.52. The predicted molar refractivity (Wildman–Crippen MR) is 102 cm³/mol. The van der Waals surface area contributed by atoms with Crippen molar-refractivity contribution in [3.63, 3.8) is 0 Å². The summed E-state index contributed by atoms with van der Waals surface area (Å²) in [5.74, 6) is -0.196. The monoisotopic (exact) mass is 410 g/mol. The summed E-state index contributed by atoms with van der Waals surface area (Å²) in [5, 5.41) is 15.9. The van der Waals surface area contributed by atoms with Gasteiger partial charge >= 0.3 is 0 Å². The zero-order valence-electron chi connectivity index (χ0n) is 14.1. The quantitative estimate of drug-likeness (QED) is 0.814. The molecule has 1 aliphatic rings. The molecule has 10 heteroatoms. The third-order valence-electron chi connectivity index (χ3n) is 4.31. The highest BCUT2D eigenvalue weighted by molar-refractivity contribution is 7.91. The number of nitrogens with one attached hydrogen (secondary N) is 1. The van der Waals surface area contributed by atoms with E-state index in [0.717, 1.165) is 0 Å². The molecule has 3 rings (SSSR count). The average Bonchev–Trinajstić information content (AvgIpc) is 3.33. The van der Waals surface area contributed by atoms with E-state index >= 15 is 0 Å². The van der Waals surface area contributed by atoms with Crippen molar-refractivity contribution in [2.75, 3.05) is 31.5 Å². The number of piperazine rings is 1. The standard InChI is InChI=1S/C16H18N4O3S3/c1-12(15(21)18-16-13(11-17)4-10-25-16)19-5-7-20(8-6-19)26(22,23)14-3-2-9-24-14/h2-4,9-10,12H,5-8H2,1H3,(H,18,21)/t12-/m1/s1. The van der Waals surface area contributed by atoms with Gasteiger partial charge in [-0.05, 0) is 29.8 Å². The van der Waals surface area contributed by atoms with Crippen LogP contribution in [0.15, 0.2) is 33.2 Å². The number of sulfonamides is 1. The number of nitrogens with zero attached hydrogens (tertiary/aromatic N) is 3. The smallest absolute Gasteiger partial charge is 0.252 e. The molecule has 2 aromatic rings. The Kier molecular flexibility index (Phi) is 5.74. The van der Waals surface area contributed by atoms with Crippen LogP contribution in [0.5, 0.6) is 0 Å². The zero-order valence-corrected chi connectivity index (χ0v) is 16.5. The van der Waals surface area contributed by atoms with Crippen molar-refractivity contribution in [1.82, 2.24) is 9.21 Å². The summed E-state index contributed by atoms with van der Waals surface area (Å²) < 4.78 is 26.9. The number of carbonyl (C=O) groups excluding carboxylic acids is 1. The molecule has 0 spiro atoms. The Bertz CT molecular complexity index is 907. The molecule has 1 amide bonds. The van der Waals surface area contributed by atoms with Gasteiger partial charge in [0.05, 0.1) is 11.6 Å². The zero-order chi connectivity index (χ0) is 18.7. The Morgan fingerprint density at radius 1 is 1.23 bits per heavy atom. The number of anilines is 1. The summed E-state index contributed by atoms with van der Waals surface area (Å²) in [5.41, 5.74) is 0.447. The van der Waals surface area contributed by atoms with Gasteiger partial charge in [0.15, 0.2) is 0 Å². The molecule has 0 radical (unpaired) electrons. The second-order valence-electron chi connectivity index (χ2n) is 5.81. The van der Waals surface area contributed by atoms with Gasteiger partial charge in [0.2, 0.25) is 5.91 Å². The van der Waals surface area contributed by atoms with Gasteiger partial charge in [-0.1, -0.05) is 6.07 Å². The van der Waals surface area contributed by atoms with Crippen molar-refractivity contribution in [3.05, 3.63) is 34.5 Å². The lowest BCUT2D eigenvalue weighted by atomic mass is 10.2. The van der Waals surface area contributed by atoms with Gasteiger partial charge in [-0.2, -0.15) is 9.57 Å². The molecule has 26 heavy (non-hydrogen) atoms. The van der Waals surface area contributed by atoms with Crippen LogP contribution in [0.3, 0.4) is 0 Å². The third-order valence-corrected chi connectivity index (χ3v) is 8.41. The number of hydrogen-bond donors (Lipinski definition) is 1. The average molecular weight is 411 g/mol. The molecule has 2 aromatic heterocycles. The van der Waals surface area contributed by atoms with E-state index < -0.39 is 16.1 Å². The molecule has 1 saturated heterocycles. The van der Waals surface area contributed by atoms with E-state index in [1.54, 1.807) is 35.9 Å². The van der Waals surface area contributed by atoms with Crippen LogP contribution in [0.1, 0.15) is 12.5 Å². The van der Waals surface area contributed by atoms with Crippen LogP contribution in [0, 0.1) is 11.3 Å². The van der Waals surface area contributed by atoms with Crippen LogP contribution in [-0.2, 0) is 14.8 Å². The lowest BCUT2D eigenvalue weighted by Gasteiger charge is -2.36. The minimum atomic E-state index is -3.45. The Hall–Kier alpha value is -1.77. The highest BCUT2D eigenvalue weighted by Crippen LogP contribution is 2.24. The van der Waals surface area contributed by atoms with Gasteiger partial charge in [-0.15, -0.1) is 22.7 Å². The molecule has 3 heterocycles. The van der Waals surface area contributed by atoms with Crippen LogP contribution in [-0.4, -0.2) is 55.8 Å². The molecule has 0 saturated carbocycles. The van der Waals surface area contributed by atoms with Crippen LogP contribution < -0.4 is 5.32 Å². The van der Waals surface area contributed by atoms with Crippen molar-refractivity contribution in [1.29, 1.82) is 5.26 Å². The Balaban J connectivity index is 1.59. The summed E-state index contributed by atoms with van der Waals surface area (Å²) in [6.07, 6.45) is 0. The predicted octanol–water partition coefficient (Wildman–Crippen LogP) is 2.01. The number of rotatable bonds is 5. The van der Waals surface area contributed by atoms with Gasteiger partial charge in [0.1, 0.15) is 15.3 Å². The van der Waals surface area contributed by atoms with E-state index in [0.29, 0.717) is 41.0 Å². The van der Waals surface area contributed by atoms with Gasteiger partial charge in [-0.25, -0.2) is 8.42 Å². The number of amides is 1. The molecular weight excluding hydrogens is 392 g/mol. The topological polar surface area (TPSA) is 93.5 Å². The fraction of sp³-hybridized carbons (Fsp3) is 0.375. The molecule has 0 unspecified atom stereocenters. The van der Waals surface area contributed by atoms with Crippen LogP contribution in [0.4, 0.5) is 5.00 Å². The largest absolute Gasteiger partial charge is 0.315 e. The number of carbonyl (C=O) groups is 1. The Labute approximate surface area is 160 Å². The fourth-order valence-electron chi connectivity index (χ4n) is 2.75. The second-order valence-corrected chi connectivity index (χ2v) is 9.84. The third kappa shape index (κ3) is 3.82.